The highest BCUT2D eigenvalue weighted by Gasteiger charge is 2.59. The number of carbonyl (C=O) groups excluding carboxylic acids is 3. The van der Waals surface area contributed by atoms with E-state index >= 15 is 0 Å². The molecule has 1 aliphatic carbocycles. The highest BCUT2D eigenvalue weighted by Crippen LogP contribution is 2.48. The zero-order valence-electron chi connectivity index (χ0n) is 10.8. The van der Waals surface area contributed by atoms with Gasteiger partial charge in [-0.25, -0.2) is 0 Å². The average Bonchev–Trinajstić information content (AvgIpc) is 3.18. The molecule has 100 valence electrons. The Morgan fingerprint density at radius 3 is 1.89 bits per heavy atom. The number of methoxy groups -OCH3 is 1. The lowest BCUT2D eigenvalue weighted by Gasteiger charge is -2.35. The zero-order chi connectivity index (χ0) is 13.3. The summed E-state index contributed by atoms with van der Waals surface area (Å²) in [5.41, 5.74) is -0.923. The molecule has 2 rings (SSSR count). The summed E-state index contributed by atoms with van der Waals surface area (Å²) in [6, 6.07) is 0. The summed E-state index contributed by atoms with van der Waals surface area (Å²) in [4.78, 5) is 38.5. The summed E-state index contributed by atoms with van der Waals surface area (Å²) in [6.45, 7) is 3.60. The van der Waals surface area contributed by atoms with Gasteiger partial charge in [-0.2, -0.15) is 0 Å². The monoisotopic (exact) mass is 254 g/mol. The molecule has 0 spiro atoms. The molecule has 0 unspecified atom stereocenters. The van der Waals surface area contributed by atoms with E-state index in [1.807, 2.05) is 0 Å². The standard InChI is InChI=1S/C12H18N2O4/c1-9(15)13-5-7-14(8-6-13)10(16)12(3-4-12)11(17)18-2/h3-8H2,1-2H3. The summed E-state index contributed by atoms with van der Waals surface area (Å²) in [5, 5.41) is 0. The third-order valence-corrected chi connectivity index (χ3v) is 3.75. The van der Waals surface area contributed by atoms with E-state index in [2.05, 4.69) is 0 Å². The first-order valence-corrected chi connectivity index (χ1v) is 6.14. The van der Waals surface area contributed by atoms with E-state index in [1.54, 1.807) is 9.80 Å². The second-order valence-electron chi connectivity index (χ2n) is 4.87. The van der Waals surface area contributed by atoms with Crippen LogP contribution in [0.15, 0.2) is 0 Å². The Kier molecular flexibility index (Phi) is 3.28. The molecular formula is C12H18N2O4. The van der Waals surface area contributed by atoms with Crippen LogP contribution in [0.3, 0.4) is 0 Å². The van der Waals surface area contributed by atoms with Crippen molar-refractivity contribution in [1.82, 2.24) is 9.80 Å². The molecule has 0 N–H and O–H groups in total. The molecule has 0 atom stereocenters. The van der Waals surface area contributed by atoms with Crippen molar-refractivity contribution in [1.29, 1.82) is 0 Å². The maximum Gasteiger partial charge on any atom is 0.321 e. The Balaban J connectivity index is 1.96. The van der Waals surface area contributed by atoms with E-state index < -0.39 is 11.4 Å². The van der Waals surface area contributed by atoms with Gasteiger partial charge < -0.3 is 14.5 Å². The fraction of sp³-hybridized carbons (Fsp3) is 0.750. The molecule has 6 heteroatoms. The van der Waals surface area contributed by atoms with Gasteiger partial charge >= 0.3 is 5.97 Å². The lowest BCUT2D eigenvalue weighted by molar-refractivity contribution is -0.157. The highest BCUT2D eigenvalue weighted by molar-refractivity contribution is 6.05. The topological polar surface area (TPSA) is 66.9 Å². The normalized spacial score (nSPS) is 21.4. The van der Waals surface area contributed by atoms with Crippen LogP contribution in [0.4, 0.5) is 0 Å². The first-order chi connectivity index (χ1) is 8.51. The van der Waals surface area contributed by atoms with Gasteiger partial charge in [0.1, 0.15) is 5.41 Å². The van der Waals surface area contributed by atoms with Crippen molar-refractivity contribution >= 4 is 17.8 Å². The molecule has 0 bridgehead atoms. The van der Waals surface area contributed by atoms with Gasteiger partial charge in [0.05, 0.1) is 7.11 Å². The fourth-order valence-electron chi connectivity index (χ4n) is 2.35. The minimum atomic E-state index is -0.923. The Morgan fingerprint density at radius 2 is 1.50 bits per heavy atom. The Morgan fingerprint density at radius 1 is 1.00 bits per heavy atom. The molecule has 2 amide bonds. The molecular weight excluding hydrogens is 236 g/mol. The van der Waals surface area contributed by atoms with Gasteiger partial charge in [-0.3, -0.25) is 14.4 Å². The summed E-state index contributed by atoms with van der Waals surface area (Å²) in [6.07, 6.45) is 1.15. The predicted octanol–water partition coefficient (Wildman–Crippen LogP) is -0.370. The van der Waals surface area contributed by atoms with E-state index in [4.69, 9.17) is 4.74 Å². The molecule has 0 aromatic rings. The van der Waals surface area contributed by atoms with Crippen molar-refractivity contribution in [3.05, 3.63) is 0 Å². The van der Waals surface area contributed by atoms with Crippen molar-refractivity contribution in [3.63, 3.8) is 0 Å². The number of ether oxygens (including phenoxy) is 1. The van der Waals surface area contributed by atoms with Crippen LogP contribution in [0.25, 0.3) is 0 Å². The second kappa shape index (κ2) is 4.59. The number of piperazine rings is 1. The number of hydrogen-bond donors (Lipinski definition) is 0. The van der Waals surface area contributed by atoms with Crippen molar-refractivity contribution in [3.8, 4) is 0 Å². The Bertz CT molecular complexity index is 382. The summed E-state index contributed by atoms with van der Waals surface area (Å²) in [7, 11) is 1.31. The third kappa shape index (κ3) is 2.07. The van der Waals surface area contributed by atoms with Crippen molar-refractivity contribution in [2.45, 2.75) is 19.8 Å². The number of amides is 2. The molecule has 2 aliphatic rings. The molecule has 0 radical (unpaired) electrons. The van der Waals surface area contributed by atoms with Crippen LogP contribution in [0, 0.1) is 5.41 Å². The first kappa shape index (κ1) is 12.9. The Labute approximate surface area is 106 Å². The van der Waals surface area contributed by atoms with Gasteiger partial charge in [-0.1, -0.05) is 0 Å². The molecule has 1 saturated heterocycles. The average molecular weight is 254 g/mol. The molecule has 18 heavy (non-hydrogen) atoms. The third-order valence-electron chi connectivity index (χ3n) is 3.75. The van der Waals surface area contributed by atoms with E-state index in [9.17, 15) is 14.4 Å². The summed E-state index contributed by atoms with van der Waals surface area (Å²) >= 11 is 0. The molecule has 2 fully saturated rings. The molecule has 1 saturated carbocycles. The van der Waals surface area contributed by atoms with Crippen LogP contribution < -0.4 is 0 Å². The number of hydrogen-bond acceptors (Lipinski definition) is 4. The quantitative estimate of drug-likeness (QED) is 0.498. The fourth-order valence-corrected chi connectivity index (χ4v) is 2.35. The minimum absolute atomic E-state index is 0.0243. The SMILES string of the molecule is COC(=O)C1(C(=O)N2CCN(C(C)=O)CC2)CC1. The van der Waals surface area contributed by atoms with Gasteiger partial charge in [0.2, 0.25) is 11.8 Å². The lowest BCUT2D eigenvalue weighted by atomic mass is 10.1. The van der Waals surface area contributed by atoms with Crippen molar-refractivity contribution in [2.24, 2.45) is 5.41 Å². The maximum atomic E-state index is 12.3. The van der Waals surface area contributed by atoms with Crippen LogP contribution in [0.1, 0.15) is 19.8 Å². The van der Waals surface area contributed by atoms with Crippen LogP contribution in [-0.2, 0) is 19.1 Å². The lowest BCUT2D eigenvalue weighted by Crippen LogP contribution is -2.53. The first-order valence-electron chi connectivity index (χ1n) is 6.14. The number of nitrogens with zero attached hydrogens (tertiary/aromatic N) is 2. The van der Waals surface area contributed by atoms with E-state index in [-0.39, 0.29) is 11.8 Å². The molecule has 0 aromatic carbocycles. The van der Waals surface area contributed by atoms with Gasteiger partial charge in [0.15, 0.2) is 0 Å². The van der Waals surface area contributed by atoms with E-state index in [0.717, 1.165) is 0 Å². The number of rotatable bonds is 2. The smallest absolute Gasteiger partial charge is 0.321 e. The van der Waals surface area contributed by atoms with Gasteiger partial charge in [0, 0.05) is 33.1 Å². The highest BCUT2D eigenvalue weighted by atomic mass is 16.5. The molecule has 6 nitrogen and oxygen atoms in total. The largest absolute Gasteiger partial charge is 0.468 e. The zero-order valence-corrected chi connectivity index (χ0v) is 10.8. The van der Waals surface area contributed by atoms with Crippen molar-refractivity contribution in [2.75, 3.05) is 33.3 Å². The predicted molar refractivity (Wildman–Crippen MR) is 62.5 cm³/mol. The summed E-state index contributed by atoms with van der Waals surface area (Å²) in [5.74, 6) is -0.546. The van der Waals surface area contributed by atoms with Gasteiger partial charge in [-0.05, 0) is 12.8 Å². The number of carbonyl (C=O) groups is 3. The van der Waals surface area contributed by atoms with Gasteiger partial charge in [-0.15, -0.1) is 0 Å². The van der Waals surface area contributed by atoms with Crippen LogP contribution in [-0.4, -0.2) is 60.9 Å². The maximum absolute atomic E-state index is 12.3. The molecule has 1 aliphatic heterocycles. The van der Waals surface area contributed by atoms with E-state index in [0.29, 0.717) is 39.0 Å². The number of esters is 1. The van der Waals surface area contributed by atoms with Crippen molar-refractivity contribution < 1.29 is 19.1 Å². The van der Waals surface area contributed by atoms with Crippen LogP contribution in [0.2, 0.25) is 0 Å². The molecule has 0 aromatic heterocycles. The Hall–Kier alpha value is -1.59. The van der Waals surface area contributed by atoms with Crippen LogP contribution in [0.5, 0.6) is 0 Å². The molecule has 1 heterocycles. The van der Waals surface area contributed by atoms with E-state index in [1.165, 1.54) is 14.0 Å². The second-order valence-corrected chi connectivity index (χ2v) is 4.87. The minimum Gasteiger partial charge on any atom is -0.468 e. The summed E-state index contributed by atoms with van der Waals surface area (Å²) < 4.78 is 4.70. The van der Waals surface area contributed by atoms with Gasteiger partial charge in [0.25, 0.3) is 0 Å². The van der Waals surface area contributed by atoms with Crippen LogP contribution >= 0.6 is 0 Å².